The van der Waals surface area contributed by atoms with Gasteiger partial charge in [-0.25, -0.2) is 0 Å². The van der Waals surface area contributed by atoms with Crippen LogP contribution in [0.2, 0.25) is 0 Å². The fourth-order valence-corrected chi connectivity index (χ4v) is 9.24. The minimum absolute atomic E-state index is 0.0202. The van der Waals surface area contributed by atoms with Crippen LogP contribution >= 0.6 is 0 Å². The number of benzene rings is 9. The quantitative estimate of drug-likeness (QED) is 0.172. The van der Waals surface area contributed by atoms with Crippen molar-refractivity contribution in [3.8, 4) is 44.5 Å². The van der Waals surface area contributed by atoms with E-state index in [2.05, 4.69) is 184 Å². The summed E-state index contributed by atoms with van der Waals surface area (Å²) in [6.07, 6.45) is 0. The summed E-state index contributed by atoms with van der Waals surface area (Å²) in [4.78, 5) is 0. The SMILES string of the molecule is CC1(C)c2ccccc2-c2cc(-c3cccc4c3oc3cc(-c5c6ccccc6c(-c6cccc7ccccc67)c6ccccc56)ccc34)ccc21. The van der Waals surface area contributed by atoms with Gasteiger partial charge in [0, 0.05) is 21.8 Å². The van der Waals surface area contributed by atoms with Crippen LogP contribution in [-0.4, -0.2) is 0 Å². The number of rotatable bonds is 3. The lowest BCUT2D eigenvalue weighted by Gasteiger charge is -2.21. The summed E-state index contributed by atoms with van der Waals surface area (Å²) in [5.74, 6) is 0. The van der Waals surface area contributed by atoms with Gasteiger partial charge in [-0.15, -0.1) is 0 Å². The number of fused-ring (bicyclic) bond motifs is 9. The Hall–Kier alpha value is -6.44. The maximum atomic E-state index is 6.90. The van der Waals surface area contributed by atoms with Crippen LogP contribution in [0.3, 0.4) is 0 Å². The predicted octanol–water partition coefficient (Wildman–Crippen LogP) is 14.4. The van der Waals surface area contributed by atoms with E-state index in [1.165, 1.54) is 76.8 Å². The monoisotopic (exact) mass is 662 g/mol. The van der Waals surface area contributed by atoms with Gasteiger partial charge in [-0.1, -0.05) is 166 Å². The molecular weight excluding hydrogens is 629 g/mol. The third-order valence-corrected chi connectivity index (χ3v) is 11.7. The summed E-state index contributed by atoms with van der Waals surface area (Å²) in [6.45, 7) is 4.66. The molecule has 10 aromatic rings. The molecule has 0 unspecified atom stereocenters. The van der Waals surface area contributed by atoms with E-state index in [1.54, 1.807) is 0 Å². The van der Waals surface area contributed by atoms with Crippen molar-refractivity contribution >= 4 is 54.3 Å². The van der Waals surface area contributed by atoms with Gasteiger partial charge in [0.05, 0.1) is 0 Å². The Labute approximate surface area is 302 Å². The summed E-state index contributed by atoms with van der Waals surface area (Å²) in [5, 5.41) is 9.77. The van der Waals surface area contributed by atoms with Crippen molar-refractivity contribution in [2.24, 2.45) is 0 Å². The van der Waals surface area contributed by atoms with Crippen molar-refractivity contribution in [2.75, 3.05) is 0 Å². The zero-order valence-corrected chi connectivity index (χ0v) is 29.1. The molecule has 9 aromatic carbocycles. The molecule has 1 aliphatic rings. The first kappa shape index (κ1) is 29.3. The number of hydrogen-bond acceptors (Lipinski definition) is 1. The lowest BCUT2D eigenvalue weighted by molar-refractivity contribution is 0.660. The molecule has 11 rings (SSSR count). The van der Waals surface area contributed by atoms with E-state index in [9.17, 15) is 0 Å². The second-order valence-electron chi connectivity index (χ2n) is 14.8. The van der Waals surface area contributed by atoms with Crippen LogP contribution in [0.5, 0.6) is 0 Å². The Morgan fingerprint density at radius 3 is 1.71 bits per heavy atom. The molecule has 0 atom stereocenters. The van der Waals surface area contributed by atoms with Gasteiger partial charge in [0.15, 0.2) is 0 Å². The Bertz CT molecular complexity index is 3040. The minimum Gasteiger partial charge on any atom is -0.455 e. The Morgan fingerprint density at radius 2 is 0.923 bits per heavy atom. The molecular formula is C51H34O. The highest BCUT2D eigenvalue weighted by atomic mass is 16.3. The van der Waals surface area contributed by atoms with E-state index < -0.39 is 0 Å². The van der Waals surface area contributed by atoms with Crippen LogP contribution in [0.4, 0.5) is 0 Å². The zero-order chi connectivity index (χ0) is 34.6. The molecule has 0 aliphatic heterocycles. The van der Waals surface area contributed by atoms with Crippen LogP contribution in [0.15, 0.2) is 174 Å². The van der Waals surface area contributed by atoms with Gasteiger partial charge >= 0.3 is 0 Å². The highest BCUT2D eigenvalue weighted by Gasteiger charge is 2.35. The largest absolute Gasteiger partial charge is 0.455 e. The average molecular weight is 663 g/mol. The van der Waals surface area contributed by atoms with E-state index >= 15 is 0 Å². The van der Waals surface area contributed by atoms with Crippen LogP contribution < -0.4 is 0 Å². The molecule has 1 heterocycles. The summed E-state index contributed by atoms with van der Waals surface area (Å²) in [7, 11) is 0. The maximum absolute atomic E-state index is 6.90. The molecule has 0 spiro atoms. The maximum Gasteiger partial charge on any atom is 0.143 e. The first-order valence-corrected chi connectivity index (χ1v) is 18.2. The van der Waals surface area contributed by atoms with Gasteiger partial charge in [-0.05, 0) is 101 Å². The lowest BCUT2D eigenvalue weighted by atomic mass is 9.82. The van der Waals surface area contributed by atoms with Crippen LogP contribution in [-0.2, 0) is 5.41 Å². The summed E-state index contributed by atoms with van der Waals surface area (Å²) < 4.78 is 6.90. The standard InChI is InChI=1S/C51H34O/c1-51(2)45-24-10-9-16-36(45)44-29-32(26-28-46(44)51)35-21-12-23-43-37-27-25-33(30-47(37)52-50(35)43)48-39-17-5-7-19-41(39)49(42-20-8-6-18-40(42)48)38-22-11-14-31-13-3-4-15-34(31)38/h3-30H,1-2H3. The smallest absolute Gasteiger partial charge is 0.143 e. The average Bonchev–Trinajstić information content (AvgIpc) is 3.68. The molecule has 52 heavy (non-hydrogen) atoms. The lowest BCUT2D eigenvalue weighted by Crippen LogP contribution is -2.14. The van der Waals surface area contributed by atoms with Gasteiger partial charge < -0.3 is 4.42 Å². The molecule has 1 aromatic heterocycles. The predicted molar refractivity (Wildman–Crippen MR) is 220 cm³/mol. The number of furan rings is 1. The van der Waals surface area contributed by atoms with Crippen molar-refractivity contribution in [3.05, 3.63) is 181 Å². The van der Waals surface area contributed by atoms with Crippen LogP contribution in [0.25, 0.3) is 98.8 Å². The second kappa shape index (κ2) is 10.8. The van der Waals surface area contributed by atoms with Crippen molar-refractivity contribution in [1.82, 2.24) is 0 Å². The summed E-state index contributed by atoms with van der Waals surface area (Å²) in [5.41, 5.74) is 14.5. The Kier molecular flexibility index (Phi) is 6.08. The van der Waals surface area contributed by atoms with Gasteiger partial charge in [0.25, 0.3) is 0 Å². The zero-order valence-electron chi connectivity index (χ0n) is 29.1. The molecule has 0 saturated carbocycles. The first-order valence-electron chi connectivity index (χ1n) is 18.2. The van der Waals surface area contributed by atoms with E-state index in [0.717, 1.165) is 33.1 Å². The van der Waals surface area contributed by atoms with Gasteiger partial charge in [0.1, 0.15) is 11.2 Å². The van der Waals surface area contributed by atoms with Crippen LogP contribution in [0.1, 0.15) is 25.0 Å². The molecule has 1 aliphatic carbocycles. The molecule has 0 amide bonds. The molecule has 0 N–H and O–H groups in total. The van der Waals surface area contributed by atoms with Gasteiger partial charge in [0.2, 0.25) is 0 Å². The first-order chi connectivity index (χ1) is 25.6. The van der Waals surface area contributed by atoms with Gasteiger partial charge in [-0.3, -0.25) is 0 Å². The van der Waals surface area contributed by atoms with Gasteiger partial charge in [-0.2, -0.15) is 0 Å². The third-order valence-electron chi connectivity index (χ3n) is 11.7. The van der Waals surface area contributed by atoms with Crippen molar-refractivity contribution in [3.63, 3.8) is 0 Å². The van der Waals surface area contributed by atoms with E-state index in [1.807, 2.05) is 0 Å². The van der Waals surface area contributed by atoms with Crippen LogP contribution in [0, 0.1) is 0 Å². The van der Waals surface area contributed by atoms with Crippen molar-refractivity contribution in [2.45, 2.75) is 19.3 Å². The summed E-state index contributed by atoms with van der Waals surface area (Å²) in [6, 6.07) is 62.3. The summed E-state index contributed by atoms with van der Waals surface area (Å²) >= 11 is 0. The number of hydrogen-bond donors (Lipinski definition) is 0. The highest BCUT2D eigenvalue weighted by molar-refractivity contribution is 6.24. The molecule has 1 heteroatoms. The second-order valence-corrected chi connectivity index (χ2v) is 14.8. The fourth-order valence-electron chi connectivity index (χ4n) is 9.24. The van der Waals surface area contributed by atoms with E-state index in [4.69, 9.17) is 4.42 Å². The molecule has 0 bridgehead atoms. The molecule has 1 nitrogen and oxygen atoms in total. The third kappa shape index (κ3) is 4.05. The van der Waals surface area contributed by atoms with Crippen molar-refractivity contribution < 1.29 is 4.42 Å². The molecule has 0 saturated heterocycles. The normalized spacial score (nSPS) is 13.3. The van der Waals surface area contributed by atoms with E-state index in [0.29, 0.717) is 0 Å². The Morgan fingerprint density at radius 1 is 0.365 bits per heavy atom. The minimum atomic E-state index is -0.0202. The number of para-hydroxylation sites is 1. The van der Waals surface area contributed by atoms with Crippen molar-refractivity contribution in [1.29, 1.82) is 0 Å². The van der Waals surface area contributed by atoms with E-state index in [-0.39, 0.29) is 5.41 Å². The fraction of sp³-hybridized carbons (Fsp3) is 0.0588. The molecule has 244 valence electrons. The molecule has 0 fully saturated rings. The highest BCUT2D eigenvalue weighted by Crippen LogP contribution is 2.51. The molecule has 0 radical (unpaired) electrons. The topological polar surface area (TPSA) is 13.1 Å². The Balaban J connectivity index is 1.12.